The van der Waals surface area contributed by atoms with Gasteiger partial charge in [-0.3, -0.25) is 9.48 Å². The van der Waals surface area contributed by atoms with Gasteiger partial charge in [0.25, 0.3) is 0 Å². The van der Waals surface area contributed by atoms with E-state index in [1.807, 2.05) is 0 Å². The van der Waals surface area contributed by atoms with Gasteiger partial charge in [0.1, 0.15) is 11.6 Å². The normalized spacial score (nSPS) is 11.3. The molecular weight excluding hydrogens is 299 g/mol. The number of anilines is 1. The van der Waals surface area contributed by atoms with Crippen molar-refractivity contribution >= 4 is 11.7 Å². The number of carbonyl (C=O) groups excluding carboxylic acids is 1. The smallest absolute Gasteiger partial charge is 0.406 e. The number of carbonyl (C=O) groups is 1. The Bertz CT molecular complexity index is 663. The highest BCUT2D eigenvalue weighted by Gasteiger charge is 2.30. The molecule has 2 rings (SSSR count). The quantitative estimate of drug-likeness (QED) is 0.944. The van der Waals surface area contributed by atoms with Gasteiger partial charge < -0.3 is 10.1 Å². The summed E-state index contributed by atoms with van der Waals surface area (Å²) < 4.78 is 41.4. The number of nitrogens with one attached hydrogen (secondary N) is 1. The zero-order chi connectivity index (χ0) is 16.3. The number of aromatic nitrogens is 2. The molecule has 1 aromatic heterocycles. The molecule has 1 aromatic carbocycles. The minimum absolute atomic E-state index is 0.0382. The number of benzene rings is 1. The van der Waals surface area contributed by atoms with Gasteiger partial charge in [0.2, 0.25) is 5.91 Å². The number of hydrogen-bond acceptors (Lipinski definition) is 3. The van der Waals surface area contributed by atoms with Gasteiger partial charge in [-0.1, -0.05) is 12.1 Å². The molecule has 1 N–H and O–H groups in total. The van der Waals surface area contributed by atoms with Crippen molar-refractivity contribution in [3.8, 4) is 5.75 Å². The predicted octanol–water partition coefficient (Wildman–Crippen LogP) is 2.81. The average Bonchev–Trinajstić information content (AvgIpc) is 2.68. The van der Waals surface area contributed by atoms with E-state index in [4.69, 9.17) is 0 Å². The molecule has 0 atom stereocenters. The first-order valence-corrected chi connectivity index (χ1v) is 6.38. The van der Waals surface area contributed by atoms with Crippen molar-refractivity contribution in [2.75, 3.05) is 5.32 Å². The Balaban J connectivity index is 1.96. The summed E-state index contributed by atoms with van der Waals surface area (Å²) in [5.74, 6) is -0.0501. The lowest BCUT2D eigenvalue weighted by molar-refractivity contribution is -0.274. The molecule has 118 valence electrons. The molecule has 0 saturated heterocycles. The number of aryl methyl sites for hydroxylation is 2. The summed E-state index contributed by atoms with van der Waals surface area (Å²) in [6.45, 7) is 1.80. The van der Waals surface area contributed by atoms with E-state index < -0.39 is 6.36 Å². The van der Waals surface area contributed by atoms with Crippen molar-refractivity contribution < 1.29 is 22.7 Å². The monoisotopic (exact) mass is 313 g/mol. The largest absolute Gasteiger partial charge is 0.573 e. The van der Waals surface area contributed by atoms with E-state index >= 15 is 0 Å². The van der Waals surface area contributed by atoms with E-state index in [0.29, 0.717) is 11.4 Å². The van der Waals surface area contributed by atoms with Gasteiger partial charge in [-0.2, -0.15) is 5.10 Å². The zero-order valence-corrected chi connectivity index (χ0v) is 11.9. The molecule has 1 amide bonds. The Morgan fingerprint density at radius 2 is 1.95 bits per heavy atom. The molecule has 2 aromatic rings. The van der Waals surface area contributed by atoms with E-state index in [1.165, 1.54) is 28.9 Å². The average molecular weight is 313 g/mol. The topological polar surface area (TPSA) is 56.1 Å². The first kappa shape index (κ1) is 15.9. The first-order chi connectivity index (χ1) is 10.2. The molecule has 22 heavy (non-hydrogen) atoms. The third-order valence-electron chi connectivity index (χ3n) is 2.79. The van der Waals surface area contributed by atoms with Gasteiger partial charge in [-0.15, -0.1) is 13.2 Å². The summed E-state index contributed by atoms with van der Waals surface area (Å²) in [4.78, 5) is 11.9. The number of amides is 1. The van der Waals surface area contributed by atoms with Crippen LogP contribution < -0.4 is 10.1 Å². The van der Waals surface area contributed by atoms with Crippen molar-refractivity contribution in [1.29, 1.82) is 0 Å². The van der Waals surface area contributed by atoms with E-state index in [2.05, 4.69) is 15.2 Å². The van der Waals surface area contributed by atoms with Crippen LogP contribution in [0.1, 0.15) is 11.3 Å². The van der Waals surface area contributed by atoms with Crippen LogP contribution in [0.2, 0.25) is 0 Å². The van der Waals surface area contributed by atoms with Gasteiger partial charge >= 0.3 is 6.36 Å². The van der Waals surface area contributed by atoms with Crippen LogP contribution in [0.15, 0.2) is 30.3 Å². The summed E-state index contributed by atoms with van der Waals surface area (Å²) >= 11 is 0. The van der Waals surface area contributed by atoms with Crippen LogP contribution >= 0.6 is 0 Å². The molecule has 1 heterocycles. The molecule has 0 fully saturated rings. The van der Waals surface area contributed by atoms with Crippen LogP contribution in [0.25, 0.3) is 0 Å². The Kier molecular flexibility index (Phi) is 4.39. The molecule has 0 aliphatic carbocycles. The molecule has 0 spiro atoms. The number of ether oxygens (including phenoxy) is 1. The van der Waals surface area contributed by atoms with Crippen molar-refractivity contribution in [2.45, 2.75) is 19.7 Å². The van der Waals surface area contributed by atoms with Crippen molar-refractivity contribution in [3.63, 3.8) is 0 Å². The van der Waals surface area contributed by atoms with Crippen molar-refractivity contribution in [1.82, 2.24) is 9.78 Å². The molecular formula is C14H14F3N3O2. The summed E-state index contributed by atoms with van der Waals surface area (Å²) in [5, 5.41) is 6.78. The number of nitrogens with zero attached hydrogens (tertiary/aromatic N) is 2. The second kappa shape index (κ2) is 6.08. The molecule has 8 heteroatoms. The van der Waals surface area contributed by atoms with E-state index in [9.17, 15) is 18.0 Å². The number of halogens is 3. The summed E-state index contributed by atoms with van der Waals surface area (Å²) in [5.41, 5.74) is 1.34. The maximum absolute atomic E-state index is 12.0. The van der Waals surface area contributed by atoms with Crippen LogP contribution in [-0.4, -0.2) is 22.1 Å². The van der Waals surface area contributed by atoms with Crippen molar-refractivity contribution in [2.24, 2.45) is 7.05 Å². The van der Waals surface area contributed by atoms with Crippen LogP contribution in [0.3, 0.4) is 0 Å². The van der Waals surface area contributed by atoms with E-state index in [-0.39, 0.29) is 18.1 Å². The minimum atomic E-state index is -4.73. The number of alkyl halides is 3. The fraction of sp³-hybridized carbons (Fsp3) is 0.286. The second-order valence-electron chi connectivity index (χ2n) is 4.71. The lowest BCUT2D eigenvalue weighted by Gasteiger charge is -2.09. The highest BCUT2D eigenvalue weighted by Crippen LogP contribution is 2.22. The molecule has 0 radical (unpaired) electrons. The van der Waals surface area contributed by atoms with Gasteiger partial charge in [-0.05, 0) is 24.6 Å². The predicted molar refractivity (Wildman–Crippen MR) is 73.4 cm³/mol. The first-order valence-electron chi connectivity index (χ1n) is 6.38. The maximum atomic E-state index is 12.0. The Hall–Kier alpha value is -2.51. The summed E-state index contributed by atoms with van der Waals surface area (Å²) in [6, 6.07) is 6.89. The molecule has 0 aliphatic heterocycles. The van der Waals surface area contributed by atoms with Crippen LogP contribution in [0, 0.1) is 6.92 Å². The summed E-state index contributed by atoms with van der Waals surface area (Å²) in [6.07, 6.45) is -4.69. The SMILES string of the molecule is Cc1cc(NC(=O)Cc2ccc(OC(F)(F)F)cc2)n(C)n1. The van der Waals surface area contributed by atoms with E-state index in [1.54, 1.807) is 20.0 Å². The molecule has 0 saturated carbocycles. The second-order valence-corrected chi connectivity index (χ2v) is 4.71. The Labute approximate surface area is 124 Å². The Morgan fingerprint density at radius 1 is 1.32 bits per heavy atom. The maximum Gasteiger partial charge on any atom is 0.573 e. The fourth-order valence-electron chi connectivity index (χ4n) is 1.91. The third kappa shape index (κ3) is 4.51. The molecule has 0 bridgehead atoms. The van der Waals surface area contributed by atoms with Crippen LogP contribution in [0.5, 0.6) is 5.75 Å². The highest BCUT2D eigenvalue weighted by atomic mass is 19.4. The van der Waals surface area contributed by atoms with Gasteiger partial charge in [0, 0.05) is 13.1 Å². The lowest BCUT2D eigenvalue weighted by atomic mass is 10.1. The van der Waals surface area contributed by atoms with E-state index in [0.717, 1.165) is 5.69 Å². The highest BCUT2D eigenvalue weighted by molar-refractivity contribution is 5.91. The summed E-state index contributed by atoms with van der Waals surface area (Å²) in [7, 11) is 1.70. The van der Waals surface area contributed by atoms with Crippen LogP contribution in [-0.2, 0) is 18.3 Å². The van der Waals surface area contributed by atoms with Crippen LogP contribution in [0.4, 0.5) is 19.0 Å². The fourth-order valence-corrected chi connectivity index (χ4v) is 1.91. The third-order valence-corrected chi connectivity index (χ3v) is 2.79. The van der Waals surface area contributed by atoms with Gasteiger partial charge in [0.15, 0.2) is 0 Å². The number of rotatable bonds is 4. The molecule has 5 nitrogen and oxygen atoms in total. The van der Waals surface area contributed by atoms with Crippen molar-refractivity contribution in [3.05, 3.63) is 41.6 Å². The lowest BCUT2D eigenvalue weighted by Crippen LogP contribution is -2.18. The standard InChI is InChI=1S/C14H14F3N3O2/c1-9-7-12(20(2)19-9)18-13(21)8-10-3-5-11(6-4-10)22-14(15,16)17/h3-7H,8H2,1-2H3,(H,18,21). The van der Waals surface area contributed by atoms with Gasteiger partial charge in [-0.25, -0.2) is 0 Å². The molecule has 0 aliphatic rings. The zero-order valence-electron chi connectivity index (χ0n) is 11.9. The number of hydrogen-bond donors (Lipinski definition) is 1. The molecule has 0 unspecified atom stereocenters. The van der Waals surface area contributed by atoms with Gasteiger partial charge in [0.05, 0.1) is 12.1 Å². The Morgan fingerprint density at radius 3 is 2.45 bits per heavy atom. The minimum Gasteiger partial charge on any atom is -0.406 e.